The van der Waals surface area contributed by atoms with Gasteiger partial charge in [-0.15, -0.1) is 0 Å². The lowest BCUT2D eigenvalue weighted by molar-refractivity contribution is 0.211. The van der Waals surface area contributed by atoms with E-state index in [4.69, 9.17) is 10.1 Å². The fourth-order valence-electron chi connectivity index (χ4n) is 1.53. The molecule has 0 spiro atoms. The molecule has 0 radical (unpaired) electrons. The molecule has 0 N–H and O–H groups in total. The van der Waals surface area contributed by atoms with Crippen molar-refractivity contribution in [1.82, 2.24) is 0 Å². The van der Waals surface area contributed by atoms with Gasteiger partial charge in [-0.3, -0.25) is 0 Å². The number of rotatable bonds is 1. The van der Waals surface area contributed by atoms with Crippen LogP contribution in [0.5, 0.6) is 0 Å². The van der Waals surface area contributed by atoms with Crippen LogP contribution in [0.4, 0.5) is 0 Å². The highest BCUT2D eigenvalue weighted by atomic mass is 16.6. The first-order valence-corrected chi connectivity index (χ1v) is 4.35. The molecule has 0 aromatic carbocycles. The number of hydrogen-bond acceptors (Lipinski definition) is 3. The van der Waals surface area contributed by atoms with Crippen molar-refractivity contribution in [3.05, 3.63) is 0 Å². The summed E-state index contributed by atoms with van der Waals surface area (Å²) in [6.45, 7) is 0. The summed E-state index contributed by atoms with van der Waals surface area (Å²) in [7, 11) is 1.55. The molecule has 1 aliphatic rings. The molecule has 1 unspecified atom stereocenters. The zero-order valence-electron chi connectivity index (χ0n) is 7.42. The molecule has 0 amide bonds. The Bertz CT molecular complexity index is 205. The van der Waals surface area contributed by atoms with Crippen LogP contribution in [0, 0.1) is 17.2 Å². The predicted molar refractivity (Wildman–Crippen MR) is 46.6 cm³/mol. The summed E-state index contributed by atoms with van der Waals surface area (Å²) in [5.41, 5.74) is 1.04. The molecular weight excluding hydrogens is 152 g/mol. The summed E-state index contributed by atoms with van der Waals surface area (Å²) in [6, 6.07) is 2.30. The van der Waals surface area contributed by atoms with Crippen LogP contribution in [0.1, 0.15) is 32.1 Å². The van der Waals surface area contributed by atoms with Crippen molar-refractivity contribution in [1.29, 1.82) is 5.26 Å². The maximum absolute atomic E-state index is 8.76. The van der Waals surface area contributed by atoms with Crippen molar-refractivity contribution in [2.75, 3.05) is 7.11 Å². The van der Waals surface area contributed by atoms with Crippen molar-refractivity contribution in [2.24, 2.45) is 11.1 Å². The molecule has 1 fully saturated rings. The number of nitriles is 1. The summed E-state index contributed by atoms with van der Waals surface area (Å²) in [5, 5.41) is 12.7. The van der Waals surface area contributed by atoms with Crippen LogP contribution in [0.25, 0.3) is 0 Å². The maximum atomic E-state index is 8.76. The van der Waals surface area contributed by atoms with E-state index in [-0.39, 0.29) is 5.92 Å². The number of nitrogens with zero attached hydrogens (tertiary/aromatic N) is 2. The second kappa shape index (κ2) is 4.76. The van der Waals surface area contributed by atoms with E-state index in [2.05, 4.69) is 11.2 Å². The molecule has 0 bridgehead atoms. The molecule has 0 aromatic heterocycles. The maximum Gasteiger partial charge on any atom is 0.106 e. The van der Waals surface area contributed by atoms with Gasteiger partial charge in [-0.05, 0) is 19.3 Å². The van der Waals surface area contributed by atoms with Gasteiger partial charge in [0, 0.05) is 6.42 Å². The predicted octanol–water partition coefficient (Wildman–Crippen LogP) is 2.09. The summed E-state index contributed by atoms with van der Waals surface area (Å²) >= 11 is 0. The molecule has 0 aromatic rings. The largest absolute Gasteiger partial charge is 0.399 e. The van der Waals surface area contributed by atoms with Crippen LogP contribution in [-0.2, 0) is 4.84 Å². The summed E-state index contributed by atoms with van der Waals surface area (Å²) < 4.78 is 0. The topological polar surface area (TPSA) is 45.4 Å². The first-order valence-electron chi connectivity index (χ1n) is 4.35. The van der Waals surface area contributed by atoms with E-state index in [1.807, 2.05) is 0 Å². The molecule has 1 aliphatic carbocycles. The molecule has 66 valence electrons. The Morgan fingerprint density at radius 1 is 1.58 bits per heavy atom. The Labute approximate surface area is 73.0 Å². The van der Waals surface area contributed by atoms with E-state index in [0.717, 1.165) is 37.8 Å². The molecule has 0 aliphatic heterocycles. The highest BCUT2D eigenvalue weighted by Gasteiger charge is 2.15. The summed E-state index contributed by atoms with van der Waals surface area (Å²) in [4.78, 5) is 4.71. The average molecular weight is 166 g/mol. The third-order valence-electron chi connectivity index (χ3n) is 2.15. The summed E-state index contributed by atoms with van der Waals surface area (Å²) in [5.74, 6) is 0.154. The SMILES string of the molecule is CON=C1CCCCC(C#N)C1. The van der Waals surface area contributed by atoms with Gasteiger partial charge in [0.15, 0.2) is 0 Å². The Kier molecular flexibility index (Phi) is 3.59. The van der Waals surface area contributed by atoms with Crippen LogP contribution in [0.2, 0.25) is 0 Å². The first kappa shape index (κ1) is 9.05. The van der Waals surface area contributed by atoms with Gasteiger partial charge in [-0.2, -0.15) is 5.26 Å². The van der Waals surface area contributed by atoms with Gasteiger partial charge in [-0.25, -0.2) is 0 Å². The van der Waals surface area contributed by atoms with Gasteiger partial charge in [-0.1, -0.05) is 11.6 Å². The van der Waals surface area contributed by atoms with Gasteiger partial charge in [0.2, 0.25) is 0 Å². The van der Waals surface area contributed by atoms with E-state index in [1.54, 1.807) is 7.11 Å². The molecule has 1 rings (SSSR count). The zero-order chi connectivity index (χ0) is 8.81. The molecule has 1 atom stereocenters. The van der Waals surface area contributed by atoms with Crippen LogP contribution < -0.4 is 0 Å². The third-order valence-corrected chi connectivity index (χ3v) is 2.15. The Hall–Kier alpha value is -1.04. The third kappa shape index (κ3) is 2.54. The lowest BCUT2D eigenvalue weighted by Crippen LogP contribution is -2.03. The van der Waals surface area contributed by atoms with Crippen LogP contribution in [-0.4, -0.2) is 12.8 Å². The number of hydrogen-bond donors (Lipinski definition) is 0. The van der Waals surface area contributed by atoms with Crippen molar-refractivity contribution in [3.63, 3.8) is 0 Å². The monoisotopic (exact) mass is 166 g/mol. The van der Waals surface area contributed by atoms with E-state index in [9.17, 15) is 0 Å². The van der Waals surface area contributed by atoms with Crippen molar-refractivity contribution in [3.8, 4) is 6.07 Å². The van der Waals surface area contributed by atoms with Gasteiger partial charge < -0.3 is 4.84 Å². The van der Waals surface area contributed by atoms with Crippen molar-refractivity contribution < 1.29 is 4.84 Å². The second-order valence-corrected chi connectivity index (χ2v) is 3.12. The fraction of sp³-hybridized carbons (Fsp3) is 0.778. The Balaban J connectivity index is 2.54. The van der Waals surface area contributed by atoms with E-state index < -0.39 is 0 Å². The minimum absolute atomic E-state index is 0.154. The Morgan fingerprint density at radius 3 is 3.08 bits per heavy atom. The highest BCUT2D eigenvalue weighted by Crippen LogP contribution is 2.20. The quantitative estimate of drug-likeness (QED) is 0.442. The summed E-state index contributed by atoms with van der Waals surface area (Å²) in [6.07, 6.45) is 5.08. The minimum Gasteiger partial charge on any atom is -0.399 e. The second-order valence-electron chi connectivity index (χ2n) is 3.12. The first-order chi connectivity index (χ1) is 5.86. The Morgan fingerprint density at radius 2 is 2.42 bits per heavy atom. The van der Waals surface area contributed by atoms with E-state index in [0.29, 0.717) is 0 Å². The number of oxime groups is 1. The molecule has 1 saturated carbocycles. The van der Waals surface area contributed by atoms with Crippen molar-refractivity contribution in [2.45, 2.75) is 32.1 Å². The lowest BCUT2D eigenvalue weighted by atomic mass is 10.0. The average Bonchev–Trinajstić information content (AvgIpc) is 2.30. The van der Waals surface area contributed by atoms with Crippen LogP contribution >= 0.6 is 0 Å². The van der Waals surface area contributed by atoms with Crippen LogP contribution in [0.15, 0.2) is 5.16 Å². The van der Waals surface area contributed by atoms with Gasteiger partial charge in [0.25, 0.3) is 0 Å². The molecule has 0 saturated heterocycles. The highest BCUT2D eigenvalue weighted by molar-refractivity contribution is 5.84. The van der Waals surface area contributed by atoms with Crippen LogP contribution in [0.3, 0.4) is 0 Å². The van der Waals surface area contributed by atoms with E-state index >= 15 is 0 Å². The zero-order valence-corrected chi connectivity index (χ0v) is 7.42. The van der Waals surface area contributed by atoms with Gasteiger partial charge in [0.1, 0.15) is 7.11 Å². The minimum atomic E-state index is 0.154. The molecule has 0 heterocycles. The molecule has 3 nitrogen and oxygen atoms in total. The lowest BCUT2D eigenvalue weighted by Gasteiger charge is -2.03. The smallest absolute Gasteiger partial charge is 0.106 e. The van der Waals surface area contributed by atoms with Crippen molar-refractivity contribution >= 4 is 5.71 Å². The molecular formula is C9H14N2O. The molecule has 3 heteroatoms. The molecule has 12 heavy (non-hydrogen) atoms. The normalized spacial score (nSPS) is 27.7. The fourth-order valence-corrected chi connectivity index (χ4v) is 1.53. The van der Waals surface area contributed by atoms with Gasteiger partial charge >= 0.3 is 0 Å². The van der Waals surface area contributed by atoms with E-state index in [1.165, 1.54) is 0 Å². The van der Waals surface area contributed by atoms with Gasteiger partial charge in [0.05, 0.1) is 17.7 Å². The standard InChI is InChI=1S/C9H14N2O/c1-12-11-9-5-3-2-4-8(6-9)7-10/h8H,2-6H2,1H3.